The number of rotatable bonds is 15. The number of aromatic nitrogens is 4. The molecule has 1 fully saturated rings. The standard InChI is InChI=1S/C35H49FN4O5Si/c1-26(44-24-27-12-8-7-9-13-27)23-41-18-19-42-25-32(36)39-22-28(21-37-39)34-30-20-29(45-46(5,6)35(2,3)4)15-16-31(30)40(38-34)33-14-10-11-17-43-33/h7-9,12-13,15-16,20-22,26,32-33H,10-11,14,17-19,23-25H2,1-6H3. The van der Waals surface area contributed by atoms with Crippen molar-refractivity contribution in [2.24, 2.45) is 0 Å². The van der Waals surface area contributed by atoms with Crippen molar-refractivity contribution in [1.82, 2.24) is 19.6 Å². The third-order valence-electron chi connectivity index (χ3n) is 8.80. The highest BCUT2D eigenvalue weighted by molar-refractivity contribution is 6.74. The average Bonchev–Trinajstić information content (AvgIpc) is 3.67. The average molecular weight is 653 g/mol. The Morgan fingerprint density at radius 2 is 1.80 bits per heavy atom. The zero-order valence-electron chi connectivity index (χ0n) is 28.1. The van der Waals surface area contributed by atoms with Gasteiger partial charge in [-0.1, -0.05) is 51.1 Å². The quantitative estimate of drug-likeness (QED) is 0.0949. The summed E-state index contributed by atoms with van der Waals surface area (Å²) in [7, 11) is -2.06. The molecule has 3 unspecified atom stereocenters. The highest BCUT2D eigenvalue weighted by Gasteiger charge is 2.39. The van der Waals surface area contributed by atoms with Crippen LogP contribution in [0.3, 0.4) is 0 Å². The summed E-state index contributed by atoms with van der Waals surface area (Å²) in [5.41, 5.74) is 3.52. The number of hydrogen-bond donors (Lipinski definition) is 0. The summed E-state index contributed by atoms with van der Waals surface area (Å²) in [5, 5.41) is 10.3. The number of alkyl halides is 1. The van der Waals surface area contributed by atoms with Crippen LogP contribution >= 0.6 is 0 Å². The monoisotopic (exact) mass is 652 g/mol. The van der Waals surface area contributed by atoms with Crippen LogP contribution in [-0.2, 0) is 25.6 Å². The predicted octanol–water partition coefficient (Wildman–Crippen LogP) is 8.09. The molecule has 11 heteroatoms. The molecule has 0 amide bonds. The Kier molecular flexibility index (Phi) is 11.3. The number of nitrogens with zero attached hydrogens (tertiary/aromatic N) is 4. The maximum absolute atomic E-state index is 15.2. The molecule has 2 aromatic carbocycles. The third-order valence-corrected chi connectivity index (χ3v) is 13.2. The summed E-state index contributed by atoms with van der Waals surface area (Å²) in [6.45, 7) is 15.3. The lowest BCUT2D eigenvalue weighted by atomic mass is 10.1. The van der Waals surface area contributed by atoms with Crippen LogP contribution in [0, 0.1) is 0 Å². The molecule has 1 aliphatic heterocycles. The molecule has 1 saturated heterocycles. The first-order valence-corrected chi connectivity index (χ1v) is 19.2. The molecule has 0 N–H and O–H groups in total. The van der Waals surface area contributed by atoms with Crippen molar-refractivity contribution in [3.63, 3.8) is 0 Å². The molecule has 0 spiro atoms. The maximum Gasteiger partial charge on any atom is 0.250 e. The Balaban J connectivity index is 1.20. The molecule has 5 rings (SSSR count). The van der Waals surface area contributed by atoms with E-state index in [0.29, 0.717) is 26.4 Å². The van der Waals surface area contributed by atoms with E-state index in [2.05, 4.69) is 51.1 Å². The lowest BCUT2D eigenvalue weighted by molar-refractivity contribution is -0.0379. The van der Waals surface area contributed by atoms with E-state index in [0.717, 1.165) is 52.7 Å². The number of benzene rings is 2. The van der Waals surface area contributed by atoms with Crippen molar-refractivity contribution in [3.05, 3.63) is 66.5 Å². The number of hydrogen-bond acceptors (Lipinski definition) is 7. The van der Waals surface area contributed by atoms with Gasteiger partial charge in [-0.3, -0.25) is 0 Å². The second-order valence-electron chi connectivity index (χ2n) is 13.6. The smallest absolute Gasteiger partial charge is 0.250 e. The van der Waals surface area contributed by atoms with Crippen LogP contribution in [0.15, 0.2) is 60.9 Å². The van der Waals surface area contributed by atoms with Gasteiger partial charge in [0.15, 0.2) is 6.23 Å². The first-order chi connectivity index (χ1) is 22.0. The van der Waals surface area contributed by atoms with Crippen molar-refractivity contribution in [2.75, 3.05) is 33.0 Å². The Hall–Kier alpha value is -3.09. The van der Waals surface area contributed by atoms with E-state index in [1.165, 1.54) is 4.68 Å². The second-order valence-corrected chi connectivity index (χ2v) is 18.3. The fourth-order valence-electron chi connectivity index (χ4n) is 5.08. The fourth-order valence-corrected chi connectivity index (χ4v) is 6.10. The van der Waals surface area contributed by atoms with Crippen LogP contribution < -0.4 is 4.43 Å². The molecule has 9 nitrogen and oxygen atoms in total. The van der Waals surface area contributed by atoms with Crippen LogP contribution in [0.4, 0.5) is 4.39 Å². The van der Waals surface area contributed by atoms with Gasteiger partial charge in [0.1, 0.15) is 11.4 Å². The zero-order valence-corrected chi connectivity index (χ0v) is 29.1. The van der Waals surface area contributed by atoms with Crippen LogP contribution in [-0.4, -0.2) is 67.0 Å². The lowest BCUT2D eigenvalue weighted by Gasteiger charge is -2.36. The normalized spacial score (nSPS) is 17.3. The molecule has 3 heterocycles. The number of ether oxygens (including phenoxy) is 4. The minimum atomic E-state index is -2.06. The van der Waals surface area contributed by atoms with E-state index >= 15 is 4.39 Å². The molecular formula is C35H49FN4O5Si. The fraction of sp³-hybridized carbons (Fsp3) is 0.543. The van der Waals surface area contributed by atoms with Gasteiger partial charge < -0.3 is 23.4 Å². The van der Waals surface area contributed by atoms with Crippen molar-refractivity contribution >= 4 is 19.2 Å². The molecule has 1 aliphatic rings. The minimum absolute atomic E-state index is 0.0597. The molecule has 0 aliphatic carbocycles. The van der Waals surface area contributed by atoms with E-state index in [9.17, 15) is 0 Å². The van der Waals surface area contributed by atoms with Gasteiger partial charge in [0.2, 0.25) is 14.6 Å². The molecule has 250 valence electrons. The molecule has 0 saturated carbocycles. The predicted molar refractivity (Wildman–Crippen MR) is 180 cm³/mol. The van der Waals surface area contributed by atoms with Gasteiger partial charge in [0.05, 0.1) is 50.9 Å². The SMILES string of the molecule is CC(COCCOCC(F)n1cc(-c2nn(C3CCCCO3)c3ccc(O[Si](C)(C)C(C)(C)C)cc23)cn1)OCc1ccccc1. The topological polar surface area (TPSA) is 81.8 Å². The second kappa shape index (κ2) is 15.2. The Morgan fingerprint density at radius 1 is 1.04 bits per heavy atom. The van der Waals surface area contributed by atoms with Gasteiger partial charge in [0, 0.05) is 23.8 Å². The third kappa shape index (κ3) is 8.63. The van der Waals surface area contributed by atoms with Crippen molar-refractivity contribution in [2.45, 2.75) is 90.3 Å². The molecule has 4 aromatic rings. The van der Waals surface area contributed by atoms with Crippen LogP contribution in [0.1, 0.15) is 65.0 Å². The summed E-state index contributed by atoms with van der Waals surface area (Å²) in [6.07, 6.45) is 4.72. The molecule has 2 aromatic heterocycles. The van der Waals surface area contributed by atoms with Crippen molar-refractivity contribution in [1.29, 1.82) is 0 Å². The Bertz CT molecular complexity index is 1530. The Morgan fingerprint density at radius 3 is 2.52 bits per heavy atom. The van der Waals surface area contributed by atoms with Gasteiger partial charge in [-0.2, -0.15) is 10.2 Å². The number of halogens is 1. The van der Waals surface area contributed by atoms with Gasteiger partial charge in [-0.15, -0.1) is 0 Å². The lowest BCUT2D eigenvalue weighted by Crippen LogP contribution is -2.43. The highest BCUT2D eigenvalue weighted by Crippen LogP contribution is 2.40. The minimum Gasteiger partial charge on any atom is -0.543 e. The summed E-state index contributed by atoms with van der Waals surface area (Å²) >= 11 is 0. The molecular weight excluding hydrogens is 603 g/mol. The summed E-state index contributed by atoms with van der Waals surface area (Å²) < 4.78 is 48.2. The first kappa shape index (κ1) is 34.2. The summed E-state index contributed by atoms with van der Waals surface area (Å²) in [6, 6.07) is 16.1. The molecule has 3 atom stereocenters. The van der Waals surface area contributed by atoms with Gasteiger partial charge in [-0.25, -0.2) is 13.8 Å². The van der Waals surface area contributed by atoms with Crippen molar-refractivity contribution in [3.8, 4) is 17.0 Å². The maximum atomic E-state index is 15.2. The van der Waals surface area contributed by atoms with Crippen LogP contribution in [0.5, 0.6) is 5.75 Å². The number of fused-ring (bicyclic) bond motifs is 1. The van der Waals surface area contributed by atoms with Crippen LogP contribution in [0.2, 0.25) is 18.1 Å². The van der Waals surface area contributed by atoms with E-state index in [4.69, 9.17) is 28.5 Å². The van der Waals surface area contributed by atoms with E-state index in [1.807, 2.05) is 48.0 Å². The van der Waals surface area contributed by atoms with E-state index < -0.39 is 14.6 Å². The summed E-state index contributed by atoms with van der Waals surface area (Å²) in [4.78, 5) is 0. The van der Waals surface area contributed by atoms with E-state index in [-0.39, 0.29) is 30.6 Å². The highest BCUT2D eigenvalue weighted by atomic mass is 28.4. The molecule has 0 radical (unpaired) electrons. The van der Waals surface area contributed by atoms with Gasteiger partial charge in [-0.05, 0) is 68.1 Å². The van der Waals surface area contributed by atoms with E-state index in [1.54, 1.807) is 12.4 Å². The van der Waals surface area contributed by atoms with Gasteiger partial charge >= 0.3 is 0 Å². The van der Waals surface area contributed by atoms with Crippen LogP contribution in [0.25, 0.3) is 22.2 Å². The molecule has 0 bridgehead atoms. The first-order valence-electron chi connectivity index (χ1n) is 16.3. The summed E-state index contributed by atoms with van der Waals surface area (Å²) in [5.74, 6) is 0.813. The molecule has 46 heavy (non-hydrogen) atoms. The van der Waals surface area contributed by atoms with Gasteiger partial charge in [0.25, 0.3) is 0 Å². The largest absolute Gasteiger partial charge is 0.543 e. The van der Waals surface area contributed by atoms with Crippen molar-refractivity contribution < 1.29 is 27.8 Å². The Labute approximate surface area is 273 Å². The zero-order chi connectivity index (χ0) is 32.7.